The molecule has 0 unspecified atom stereocenters. The van der Waals surface area contributed by atoms with E-state index in [0.717, 1.165) is 6.42 Å². The van der Waals surface area contributed by atoms with Crippen LogP contribution in [0, 0.1) is 5.92 Å². The van der Waals surface area contributed by atoms with Crippen molar-refractivity contribution in [1.82, 2.24) is 20.6 Å². The molecule has 0 saturated carbocycles. The molecule has 0 aliphatic rings. The van der Waals surface area contributed by atoms with Crippen LogP contribution >= 0.6 is 11.6 Å². The molecule has 0 aliphatic heterocycles. The quantitative estimate of drug-likeness (QED) is 0.888. The van der Waals surface area contributed by atoms with Crippen LogP contribution in [0.4, 0.5) is 5.69 Å². The number of hydrogen-bond acceptors (Lipinski definition) is 4. The number of amides is 1. The van der Waals surface area contributed by atoms with Gasteiger partial charge in [0.05, 0.1) is 5.69 Å². The van der Waals surface area contributed by atoms with Crippen LogP contribution in [0.5, 0.6) is 0 Å². The number of benzene rings is 1. The van der Waals surface area contributed by atoms with Crippen molar-refractivity contribution in [3.8, 4) is 11.4 Å². The van der Waals surface area contributed by atoms with Crippen LogP contribution in [0.1, 0.15) is 26.7 Å². The van der Waals surface area contributed by atoms with Crippen LogP contribution in [-0.4, -0.2) is 26.5 Å². The molecule has 0 bridgehead atoms. The average Bonchev–Trinajstić information content (AvgIpc) is 2.90. The Labute approximate surface area is 121 Å². The summed E-state index contributed by atoms with van der Waals surface area (Å²) in [6.45, 7) is 4.16. The molecule has 7 heteroatoms. The fourth-order valence-electron chi connectivity index (χ4n) is 1.73. The van der Waals surface area contributed by atoms with Crippen molar-refractivity contribution in [3.63, 3.8) is 0 Å². The van der Waals surface area contributed by atoms with Crippen molar-refractivity contribution in [1.29, 1.82) is 0 Å². The fraction of sp³-hybridized carbons (Fsp3) is 0.385. The predicted molar refractivity (Wildman–Crippen MR) is 77.3 cm³/mol. The molecular weight excluding hydrogens is 278 g/mol. The summed E-state index contributed by atoms with van der Waals surface area (Å²) in [5.74, 6) is 0.925. The third-order valence-corrected chi connectivity index (χ3v) is 3.04. The smallest absolute Gasteiger partial charge is 0.224 e. The van der Waals surface area contributed by atoms with Gasteiger partial charge in [-0.2, -0.15) is 0 Å². The summed E-state index contributed by atoms with van der Waals surface area (Å²) in [4.78, 5) is 11.9. The molecule has 0 radical (unpaired) electrons. The van der Waals surface area contributed by atoms with Gasteiger partial charge in [-0.1, -0.05) is 25.4 Å². The molecule has 0 aliphatic carbocycles. The minimum Gasteiger partial charge on any atom is -0.325 e. The second kappa shape index (κ2) is 6.47. The van der Waals surface area contributed by atoms with E-state index in [-0.39, 0.29) is 5.91 Å². The number of rotatable bonds is 5. The Balaban J connectivity index is 2.18. The lowest BCUT2D eigenvalue weighted by Gasteiger charge is -2.10. The zero-order chi connectivity index (χ0) is 14.5. The number of halogens is 1. The lowest BCUT2D eigenvalue weighted by atomic mass is 10.1. The molecule has 1 aromatic heterocycles. The number of anilines is 1. The zero-order valence-electron chi connectivity index (χ0n) is 11.4. The highest BCUT2D eigenvalue weighted by Crippen LogP contribution is 2.28. The SMILES string of the molecule is CC(C)CCC(=O)Nc1cc(Cl)ccc1-c1nnn[nH]1. The minimum atomic E-state index is -0.0466. The normalized spacial score (nSPS) is 10.8. The van der Waals surface area contributed by atoms with Gasteiger partial charge in [0.15, 0.2) is 5.82 Å². The van der Waals surface area contributed by atoms with Gasteiger partial charge >= 0.3 is 0 Å². The summed E-state index contributed by atoms with van der Waals surface area (Å²) in [5.41, 5.74) is 1.31. The number of aromatic amines is 1. The maximum absolute atomic E-state index is 11.9. The van der Waals surface area contributed by atoms with E-state index in [9.17, 15) is 4.79 Å². The van der Waals surface area contributed by atoms with E-state index in [1.165, 1.54) is 0 Å². The molecule has 6 nitrogen and oxygen atoms in total. The van der Waals surface area contributed by atoms with E-state index < -0.39 is 0 Å². The summed E-state index contributed by atoms with van der Waals surface area (Å²) < 4.78 is 0. The molecule has 0 atom stereocenters. The van der Waals surface area contributed by atoms with Gasteiger partial charge in [0.25, 0.3) is 0 Å². The van der Waals surface area contributed by atoms with Crippen molar-refractivity contribution in [3.05, 3.63) is 23.2 Å². The molecular formula is C13H16ClN5O. The van der Waals surface area contributed by atoms with E-state index in [2.05, 4.69) is 39.8 Å². The van der Waals surface area contributed by atoms with Crippen molar-refractivity contribution in [2.75, 3.05) is 5.32 Å². The first-order valence-electron chi connectivity index (χ1n) is 6.39. The summed E-state index contributed by atoms with van der Waals surface area (Å²) in [5, 5.41) is 17.0. The first-order valence-corrected chi connectivity index (χ1v) is 6.77. The number of nitrogens with zero attached hydrogens (tertiary/aromatic N) is 3. The molecule has 1 aromatic carbocycles. The van der Waals surface area contributed by atoms with E-state index in [0.29, 0.717) is 34.4 Å². The highest BCUT2D eigenvalue weighted by Gasteiger charge is 2.12. The maximum atomic E-state index is 11.9. The lowest BCUT2D eigenvalue weighted by Crippen LogP contribution is -2.13. The number of tetrazole rings is 1. The Kier molecular flexibility index (Phi) is 4.68. The number of carbonyl (C=O) groups is 1. The van der Waals surface area contributed by atoms with E-state index >= 15 is 0 Å². The minimum absolute atomic E-state index is 0.0466. The number of aromatic nitrogens is 4. The van der Waals surface area contributed by atoms with Crippen molar-refractivity contribution in [2.24, 2.45) is 5.92 Å². The summed E-state index contributed by atoms with van der Waals surface area (Å²) in [6.07, 6.45) is 1.31. The Hall–Kier alpha value is -1.95. The molecule has 106 valence electrons. The Morgan fingerprint density at radius 3 is 2.90 bits per heavy atom. The number of H-pyrrole nitrogens is 1. The van der Waals surface area contributed by atoms with Gasteiger partial charge in [0.2, 0.25) is 5.91 Å². The highest BCUT2D eigenvalue weighted by molar-refractivity contribution is 6.31. The summed E-state index contributed by atoms with van der Waals surface area (Å²) in [6, 6.07) is 5.18. The van der Waals surface area contributed by atoms with Crippen LogP contribution in [0.15, 0.2) is 18.2 Å². The molecule has 2 N–H and O–H groups in total. The summed E-state index contributed by atoms with van der Waals surface area (Å²) >= 11 is 5.98. The van der Waals surface area contributed by atoms with Crippen molar-refractivity contribution in [2.45, 2.75) is 26.7 Å². The Bertz CT molecular complexity index is 582. The Morgan fingerprint density at radius 1 is 1.45 bits per heavy atom. The molecule has 20 heavy (non-hydrogen) atoms. The van der Waals surface area contributed by atoms with Gasteiger partial charge in [-0.05, 0) is 41.0 Å². The monoisotopic (exact) mass is 293 g/mol. The fourth-order valence-corrected chi connectivity index (χ4v) is 1.90. The Morgan fingerprint density at radius 2 is 2.25 bits per heavy atom. The van der Waals surface area contributed by atoms with Gasteiger partial charge < -0.3 is 5.32 Å². The largest absolute Gasteiger partial charge is 0.325 e. The second-order valence-electron chi connectivity index (χ2n) is 4.92. The van der Waals surface area contributed by atoms with E-state index in [1.807, 2.05) is 0 Å². The van der Waals surface area contributed by atoms with Gasteiger partial charge in [-0.3, -0.25) is 4.79 Å². The van der Waals surface area contributed by atoms with Crippen LogP contribution in [0.3, 0.4) is 0 Å². The van der Waals surface area contributed by atoms with Gasteiger partial charge in [0.1, 0.15) is 0 Å². The molecule has 0 saturated heterocycles. The molecule has 2 aromatic rings. The molecule has 2 rings (SSSR count). The first kappa shape index (κ1) is 14.5. The van der Waals surface area contributed by atoms with Crippen LogP contribution in [-0.2, 0) is 4.79 Å². The van der Waals surface area contributed by atoms with E-state index in [1.54, 1.807) is 18.2 Å². The highest BCUT2D eigenvalue weighted by atomic mass is 35.5. The van der Waals surface area contributed by atoms with Gasteiger partial charge in [0, 0.05) is 17.0 Å². The van der Waals surface area contributed by atoms with Gasteiger partial charge in [-0.25, -0.2) is 5.10 Å². The first-order chi connectivity index (χ1) is 9.56. The van der Waals surface area contributed by atoms with Crippen LogP contribution in [0.25, 0.3) is 11.4 Å². The second-order valence-corrected chi connectivity index (χ2v) is 5.36. The lowest BCUT2D eigenvalue weighted by molar-refractivity contribution is -0.116. The molecule has 0 spiro atoms. The standard InChI is InChI=1S/C13H16ClN5O/c1-8(2)3-6-12(20)15-11-7-9(14)4-5-10(11)13-16-18-19-17-13/h4-5,7-8H,3,6H2,1-2H3,(H,15,20)(H,16,17,18,19). The zero-order valence-corrected chi connectivity index (χ0v) is 12.1. The number of hydrogen-bond donors (Lipinski definition) is 2. The molecule has 1 heterocycles. The number of nitrogens with one attached hydrogen (secondary N) is 2. The van der Waals surface area contributed by atoms with Crippen molar-refractivity contribution < 1.29 is 4.79 Å². The third-order valence-electron chi connectivity index (χ3n) is 2.80. The number of carbonyl (C=O) groups excluding carboxylic acids is 1. The summed E-state index contributed by atoms with van der Waals surface area (Å²) in [7, 11) is 0. The average molecular weight is 294 g/mol. The van der Waals surface area contributed by atoms with Crippen molar-refractivity contribution >= 4 is 23.2 Å². The molecule has 1 amide bonds. The van der Waals surface area contributed by atoms with Gasteiger partial charge in [-0.15, -0.1) is 5.10 Å². The topological polar surface area (TPSA) is 83.6 Å². The van der Waals surface area contributed by atoms with Crippen LogP contribution in [0.2, 0.25) is 5.02 Å². The third kappa shape index (κ3) is 3.77. The molecule has 0 fully saturated rings. The maximum Gasteiger partial charge on any atom is 0.224 e. The predicted octanol–water partition coefficient (Wildman–Crippen LogP) is 2.89. The van der Waals surface area contributed by atoms with E-state index in [4.69, 9.17) is 11.6 Å². The van der Waals surface area contributed by atoms with Crippen LogP contribution < -0.4 is 5.32 Å².